The van der Waals surface area contributed by atoms with E-state index in [0.29, 0.717) is 29.7 Å². The largest absolute Gasteiger partial charge is 0.298 e. The first-order valence-corrected chi connectivity index (χ1v) is 14.6. The van der Waals surface area contributed by atoms with Crippen molar-refractivity contribution in [3.8, 4) is 11.3 Å². The lowest BCUT2D eigenvalue weighted by Gasteiger charge is -2.22. The number of carbonyl (C=O) groups is 1. The Morgan fingerprint density at radius 1 is 0.971 bits per heavy atom. The van der Waals surface area contributed by atoms with Crippen molar-refractivity contribution in [3.63, 3.8) is 0 Å². The first-order valence-electron chi connectivity index (χ1n) is 12.2. The molecule has 3 aromatic rings. The summed E-state index contributed by atoms with van der Waals surface area (Å²) in [5, 5.41) is 5.24. The van der Waals surface area contributed by atoms with Crippen LogP contribution in [0.3, 0.4) is 0 Å². The molecule has 1 aromatic heterocycles. The summed E-state index contributed by atoms with van der Waals surface area (Å²) in [5.74, 6) is 0.144. The summed E-state index contributed by atoms with van der Waals surface area (Å²) in [6.07, 6.45) is 3.50. The normalized spacial score (nSPS) is 11.8. The molecule has 0 bridgehead atoms. The van der Waals surface area contributed by atoms with E-state index in [2.05, 4.69) is 36.3 Å². The van der Waals surface area contributed by atoms with Crippen molar-refractivity contribution in [2.75, 3.05) is 18.4 Å². The Kier molecular flexibility index (Phi) is 9.60. The third-order valence-electron chi connectivity index (χ3n) is 5.87. The Hall–Kier alpha value is -2.55. The van der Waals surface area contributed by atoms with Crippen LogP contribution in [0.15, 0.2) is 58.8 Å². The fraction of sp³-hybridized carbons (Fsp3) is 0.407. The van der Waals surface area contributed by atoms with Crippen molar-refractivity contribution in [1.29, 1.82) is 0 Å². The van der Waals surface area contributed by atoms with Gasteiger partial charge in [0.25, 0.3) is 5.91 Å². The van der Waals surface area contributed by atoms with Crippen LogP contribution in [0, 0.1) is 0 Å². The van der Waals surface area contributed by atoms with Crippen LogP contribution in [0.4, 0.5) is 5.13 Å². The summed E-state index contributed by atoms with van der Waals surface area (Å²) >= 11 is 1.36. The molecule has 35 heavy (non-hydrogen) atoms. The van der Waals surface area contributed by atoms with E-state index in [4.69, 9.17) is 0 Å². The van der Waals surface area contributed by atoms with Crippen LogP contribution in [-0.4, -0.2) is 36.7 Å². The number of nitrogens with zero attached hydrogens (tertiary/aromatic N) is 2. The number of thiazole rings is 1. The van der Waals surface area contributed by atoms with Crippen molar-refractivity contribution in [2.24, 2.45) is 0 Å². The molecule has 188 valence electrons. The monoisotopic (exact) mass is 513 g/mol. The number of unbranched alkanes of at least 4 members (excludes halogenated alkanes) is 2. The van der Waals surface area contributed by atoms with Crippen LogP contribution >= 0.6 is 11.3 Å². The van der Waals surface area contributed by atoms with Gasteiger partial charge in [0.1, 0.15) is 0 Å². The first-order chi connectivity index (χ1) is 16.8. The molecule has 1 N–H and O–H groups in total. The highest BCUT2D eigenvalue weighted by molar-refractivity contribution is 7.89. The maximum atomic E-state index is 13.1. The number of nitrogens with one attached hydrogen (secondary N) is 1. The molecule has 1 heterocycles. The van der Waals surface area contributed by atoms with Gasteiger partial charge in [-0.15, -0.1) is 11.3 Å². The predicted octanol–water partition coefficient (Wildman–Crippen LogP) is 6.78. The Morgan fingerprint density at radius 2 is 1.57 bits per heavy atom. The number of benzene rings is 2. The molecule has 0 aliphatic rings. The van der Waals surface area contributed by atoms with Crippen molar-refractivity contribution in [2.45, 2.75) is 64.2 Å². The van der Waals surface area contributed by atoms with Gasteiger partial charge in [-0.05, 0) is 48.6 Å². The van der Waals surface area contributed by atoms with Gasteiger partial charge in [0.15, 0.2) is 5.13 Å². The van der Waals surface area contributed by atoms with Gasteiger partial charge in [0, 0.05) is 29.6 Å². The molecule has 2 aromatic carbocycles. The summed E-state index contributed by atoms with van der Waals surface area (Å²) in [7, 11) is -3.59. The van der Waals surface area contributed by atoms with Gasteiger partial charge in [-0.3, -0.25) is 10.1 Å². The fourth-order valence-electron chi connectivity index (χ4n) is 3.62. The third-order valence-corrected chi connectivity index (χ3v) is 8.54. The summed E-state index contributed by atoms with van der Waals surface area (Å²) in [6, 6.07) is 14.4. The molecule has 0 fully saturated rings. The zero-order valence-corrected chi connectivity index (χ0v) is 22.6. The number of amides is 1. The van der Waals surface area contributed by atoms with E-state index in [0.717, 1.165) is 36.9 Å². The Morgan fingerprint density at radius 3 is 2.11 bits per heavy atom. The molecule has 0 radical (unpaired) electrons. The van der Waals surface area contributed by atoms with E-state index in [1.807, 2.05) is 31.4 Å². The van der Waals surface area contributed by atoms with E-state index >= 15 is 0 Å². The van der Waals surface area contributed by atoms with E-state index in [-0.39, 0.29) is 10.8 Å². The van der Waals surface area contributed by atoms with Crippen LogP contribution in [-0.2, 0) is 10.0 Å². The minimum absolute atomic E-state index is 0.211. The molecular weight excluding hydrogens is 478 g/mol. The molecule has 0 saturated carbocycles. The van der Waals surface area contributed by atoms with Gasteiger partial charge in [0.05, 0.1) is 10.6 Å². The lowest BCUT2D eigenvalue weighted by Crippen LogP contribution is -2.33. The number of sulfonamides is 1. The molecular formula is C27H35N3O3S2. The number of carbonyl (C=O) groups excluding carboxylic acids is 1. The average Bonchev–Trinajstić information content (AvgIpc) is 3.32. The Balaban J connectivity index is 1.69. The van der Waals surface area contributed by atoms with Crippen molar-refractivity contribution >= 4 is 32.4 Å². The highest BCUT2D eigenvalue weighted by atomic mass is 32.2. The molecule has 0 saturated heterocycles. The standard InChI is InChI=1S/C27H35N3O3S2/c1-5-7-17-30(18-8-6-2)35(32,33)24-15-13-23(14-16-24)26(31)29-27-28-25(19-34-27)22-11-9-21(10-12-22)20(3)4/h9-16,19-20H,5-8,17-18H2,1-4H3,(H,28,29,31). The SMILES string of the molecule is CCCCN(CCCC)S(=O)(=O)c1ccc(C(=O)Nc2nc(-c3ccc(C(C)C)cc3)cs2)cc1. The maximum Gasteiger partial charge on any atom is 0.257 e. The quantitative estimate of drug-likeness (QED) is 0.290. The molecule has 6 nitrogen and oxygen atoms in total. The van der Waals surface area contributed by atoms with E-state index in [9.17, 15) is 13.2 Å². The summed E-state index contributed by atoms with van der Waals surface area (Å²) < 4.78 is 27.8. The Bertz CT molecular complexity index is 1190. The zero-order valence-electron chi connectivity index (χ0n) is 21.0. The maximum absolute atomic E-state index is 13.1. The van der Waals surface area contributed by atoms with Gasteiger partial charge in [-0.2, -0.15) is 4.31 Å². The predicted molar refractivity (Wildman–Crippen MR) is 145 cm³/mol. The third kappa shape index (κ3) is 6.99. The summed E-state index contributed by atoms with van der Waals surface area (Å²) in [5.41, 5.74) is 3.45. The van der Waals surface area contributed by atoms with Crippen LogP contribution in [0.1, 0.15) is 75.2 Å². The number of rotatable bonds is 12. The Labute approximate surface area is 213 Å². The topological polar surface area (TPSA) is 79.4 Å². The molecule has 0 unspecified atom stereocenters. The minimum Gasteiger partial charge on any atom is -0.298 e. The van der Waals surface area contributed by atoms with Crippen LogP contribution in [0.5, 0.6) is 0 Å². The minimum atomic E-state index is -3.59. The van der Waals surface area contributed by atoms with E-state index in [1.54, 1.807) is 16.4 Å². The second-order valence-electron chi connectivity index (χ2n) is 8.90. The molecule has 8 heteroatoms. The molecule has 3 rings (SSSR count). The summed E-state index contributed by atoms with van der Waals surface area (Å²) in [6.45, 7) is 9.42. The molecule has 0 aliphatic heterocycles. The molecule has 1 amide bonds. The van der Waals surface area contributed by atoms with Crippen molar-refractivity contribution in [1.82, 2.24) is 9.29 Å². The van der Waals surface area contributed by atoms with Gasteiger partial charge >= 0.3 is 0 Å². The van der Waals surface area contributed by atoms with Crippen LogP contribution in [0.2, 0.25) is 0 Å². The van der Waals surface area contributed by atoms with Gasteiger partial charge in [-0.1, -0.05) is 64.8 Å². The molecule has 0 atom stereocenters. The van der Waals surface area contributed by atoms with Gasteiger partial charge < -0.3 is 0 Å². The van der Waals surface area contributed by atoms with Crippen molar-refractivity contribution < 1.29 is 13.2 Å². The highest BCUT2D eigenvalue weighted by Crippen LogP contribution is 2.27. The molecule has 0 aliphatic carbocycles. The smallest absolute Gasteiger partial charge is 0.257 e. The summed E-state index contributed by atoms with van der Waals surface area (Å²) in [4.78, 5) is 17.5. The lowest BCUT2D eigenvalue weighted by atomic mass is 10.0. The van der Waals surface area contributed by atoms with E-state index in [1.165, 1.54) is 29.0 Å². The second-order valence-corrected chi connectivity index (χ2v) is 11.7. The first kappa shape index (κ1) is 27.0. The van der Waals surface area contributed by atoms with Crippen LogP contribution < -0.4 is 5.32 Å². The highest BCUT2D eigenvalue weighted by Gasteiger charge is 2.24. The fourth-order valence-corrected chi connectivity index (χ4v) is 5.85. The van der Waals surface area contributed by atoms with Crippen molar-refractivity contribution in [3.05, 3.63) is 65.0 Å². The number of anilines is 1. The number of hydrogen-bond acceptors (Lipinski definition) is 5. The van der Waals surface area contributed by atoms with Gasteiger partial charge in [0.2, 0.25) is 10.0 Å². The second kappa shape index (κ2) is 12.4. The van der Waals surface area contributed by atoms with Crippen LogP contribution in [0.25, 0.3) is 11.3 Å². The molecule has 0 spiro atoms. The number of hydrogen-bond donors (Lipinski definition) is 1. The lowest BCUT2D eigenvalue weighted by molar-refractivity contribution is 0.102. The zero-order chi connectivity index (χ0) is 25.4. The van der Waals surface area contributed by atoms with Gasteiger partial charge in [-0.25, -0.2) is 13.4 Å². The average molecular weight is 514 g/mol. The van der Waals surface area contributed by atoms with E-state index < -0.39 is 10.0 Å². The number of aromatic nitrogens is 1.